The Labute approximate surface area is 107 Å². The largest absolute Gasteiger partial charge is 0.315 e. The van der Waals surface area contributed by atoms with Crippen LogP contribution in [0.15, 0.2) is 0 Å². The number of rotatable bonds is 11. The fourth-order valence-corrected chi connectivity index (χ4v) is 1.54. The molecule has 3 nitrogen and oxygen atoms in total. The number of ketones is 1. The van der Waals surface area contributed by atoms with Gasteiger partial charge < -0.3 is 10.6 Å². The van der Waals surface area contributed by atoms with Gasteiger partial charge in [-0.3, -0.25) is 4.79 Å². The van der Waals surface area contributed by atoms with E-state index in [9.17, 15) is 4.79 Å². The number of carbonyl (C=O) groups excluding carboxylic acids is 1. The normalized spacial score (nSPS) is 11.4. The van der Waals surface area contributed by atoms with Gasteiger partial charge in [-0.25, -0.2) is 0 Å². The molecule has 102 valence electrons. The first kappa shape index (κ1) is 16.6. The summed E-state index contributed by atoms with van der Waals surface area (Å²) in [4.78, 5) is 11.3. The molecule has 0 saturated heterocycles. The molecule has 0 spiro atoms. The maximum atomic E-state index is 11.3. The molecule has 0 aliphatic heterocycles. The minimum absolute atomic E-state index is 0.157. The molecule has 0 heterocycles. The van der Waals surface area contributed by atoms with E-state index in [1.807, 2.05) is 13.8 Å². The van der Waals surface area contributed by atoms with E-state index < -0.39 is 0 Å². The van der Waals surface area contributed by atoms with Crippen LogP contribution in [0.5, 0.6) is 0 Å². The summed E-state index contributed by atoms with van der Waals surface area (Å²) in [5.74, 6) is 0.468. The summed E-state index contributed by atoms with van der Waals surface area (Å²) >= 11 is 0. The zero-order chi connectivity index (χ0) is 13.1. The van der Waals surface area contributed by atoms with Crippen LogP contribution < -0.4 is 10.6 Å². The molecule has 0 aromatic carbocycles. The van der Waals surface area contributed by atoms with Gasteiger partial charge >= 0.3 is 0 Å². The van der Waals surface area contributed by atoms with E-state index in [-0.39, 0.29) is 5.92 Å². The number of carbonyl (C=O) groups is 1. The van der Waals surface area contributed by atoms with Crippen molar-refractivity contribution in [2.24, 2.45) is 5.92 Å². The summed E-state index contributed by atoms with van der Waals surface area (Å²) in [7, 11) is 0. The van der Waals surface area contributed by atoms with Gasteiger partial charge in [-0.2, -0.15) is 0 Å². The van der Waals surface area contributed by atoms with Crippen LogP contribution in [-0.2, 0) is 4.79 Å². The third kappa shape index (κ3) is 11.8. The number of nitrogens with one attached hydrogen (secondary N) is 2. The van der Waals surface area contributed by atoms with Crippen LogP contribution in [0.1, 0.15) is 53.4 Å². The Morgan fingerprint density at radius 2 is 1.53 bits per heavy atom. The van der Waals surface area contributed by atoms with Gasteiger partial charge in [-0.1, -0.05) is 40.5 Å². The molecule has 0 bridgehead atoms. The minimum Gasteiger partial charge on any atom is -0.315 e. The summed E-state index contributed by atoms with van der Waals surface area (Å²) in [6.45, 7) is 10.9. The number of unbranched alkanes of at least 4 members (excludes halogenated alkanes) is 3. The Morgan fingerprint density at radius 3 is 2.06 bits per heavy atom. The summed E-state index contributed by atoms with van der Waals surface area (Å²) in [6.07, 6.45) is 4.96. The molecule has 0 aromatic rings. The predicted molar refractivity (Wildman–Crippen MR) is 74.3 cm³/mol. The van der Waals surface area contributed by atoms with Gasteiger partial charge in [0, 0.05) is 12.0 Å². The first-order valence-corrected chi connectivity index (χ1v) is 7.01. The maximum absolute atomic E-state index is 11.3. The van der Waals surface area contributed by atoms with E-state index in [2.05, 4.69) is 24.5 Å². The van der Waals surface area contributed by atoms with Crippen molar-refractivity contribution in [2.75, 3.05) is 19.6 Å². The van der Waals surface area contributed by atoms with Crippen molar-refractivity contribution in [3.8, 4) is 0 Å². The minimum atomic E-state index is 0.157. The van der Waals surface area contributed by atoms with Gasteiger partial charge in [0.1, 0.15) is 5.78 Å². The van der Waals surface area contributed by atoms with E-state index in [0.717, 1.165) is 13.1 Å². The van der Waals surface area contributed by atoms with Crippen LogP contribution in [0.4, 0.5) is 0 Å². The average molecular weight is 242 g/mol. The second kappa shape index (κ2) is 10.7. The maximum Gasteiger partial charge on any atom is 0.149 e. The third-order valence-corrected chi connectivity index (χ3v) is 2.78. The number of hydrogen-bond acceptors (Lipinski definition) is 3. The van der Waals surface area contributed by atoms with Gasteiger partial charge in [0.15, 0.2) is 0 Å². The van der Waals surface area contributed by atoms with Crippen molar-refractivity contribution < 1.29 is 4.79 Å². The monoisotopic (exact) mass is 242 g/mol. The quantitative estimate of drug-likeness (QED) is 0.547. The van der Waals surface area contributed by atoms with Crippen LogP contribution >= 0.6 is 0 Å². The van der Waals surface area contributed by atoms with E-state index in [4.69, 9.17) is 0 Å². The first-order valence-electron chi connectivity index (χ1n) is 7.01. The van der Waals surface area contributed by atoms with Crippen molar-refractivity contribution in [1.29, 1.82) is 0 Å². The summed E-state index contributed by atoms with van der Waals surface area (Å²) in [5, 5.41) is 6.63. The topological polar surface area (TPSA) is 41.1 Å². The zero-order valence-corrected chi connectivity index (χ0v) is 12.0. The summed E-state index contributed by atoms with van der Waals surface area (Å²) < 4.78 is 0. The van der Waals surface area contributed by atoms with Gasteiger partial charge in [0.2, 0.25) is 0 Å². The molecule has 2 N–H and O–H groups in total. The second-order valence-electron chi connectivity index (χ2n) is 5.32. The molecule has 0 atom stereocenters. The Kier molecular flexibility index (Phi) is 10.5. The second-order valence-corrected chi connectivity index (χ2v) is 5.32. The number of hydrogen-bond donors (Lipinski definition) is 2. The van der Waals surface area contributed by atoms with Crippen molar-refractivity contribution in [3.63, 3.8) is 0 Å². The lowest BCUT2D eigenvalue weighted by Crippen LogP contribution is -2.27. The standard InChI is InChI=1S/C14H30N2O/c1-12(2)14(17)11-15-9-7-5-6-8-10-16-13(3)4/h12-13,15-16H,5-11H2,1-4H3. The molecule has 0 aliphatic carbocycles. The van der Waals surface area contributed by atoms with Crippen molar-refractivity contribution in [1.82, 2.24) is 10.6 Å². The van der Waals surface area contributed by atoms with Crippen LogP contribution in [-0.4, -0.2) is 31.5 Å². The molecule has 17 heavy (non-hydrogen) atoms. The van der Waals surface area contributed by atoms with Gasteiger partial charge in [-0.05, 0) is 25.9 Å². The fraction of sp³-hybridized carbons (Fsp3) is 0.929. The molecule has 0 fully saturated rings. The van der Waals surface area contributed by atoms with Gasteiger partial charge in [0.05, 0.1) is 6.54 Å². The first-order chi connectivity index (χ1) is 8.04. The van der Waals surface area contributed by atoms with Crippen molar-refractivity contribution in [2.45, 2.75) is 59.4 Å². The van der Waals surface area contributed by atoms with Crippen LogP contribution in [0.25, 0.3) is 0 Å². The molecular weight excluding hydrogens is 212 g/mol. The molecule has 0 saturated carbocycles. The molecule has 3 heteroatoms. The average Bonchev–Trinajstić information content (AvgIpc) is 2.25. The summed E-state index contributed by atoms with van der Waals surface area (Å²) in [6, 6.07) is 0.596. The zero-order valence-electron chi connectivity index (χ0n) is 12.0. The lowest BCUT2D eigenvalue weighted by atomic mass is 10.1. The molecule has 0 amide bonds. The van der Waals surface area contributed by atoms with Crippen LogP contribution in [0.2, 0.25) is 0 Å². The van der Waals surface area contributed by atoms with E-state index in [1.165, 1.54) is 25.7 Å². The molecule has 0 aliphatic rings. The molecule has 0 aromatic heterocycles. The lowest BCUT2D eigenvalue weighted by Gasteiger charge is -2.08. The van der Waals surface area contributed by atoms with Crippen LogP contribution in [0, 0.1) is 5.92 Å². The Morgan fingerprint density at radius 1 is 0.941 bits per heavy atom. The van der Waals surface area contributed by atoms with E-state index in [0.29, 0.717) is 18.4 Å². The lowest BCUT2D eigenvalue weighted by molar-refractivity contribution is -0.121. The summed E-state index contributed by atoms with van der Waals surface area (Å²) in [5.41, 5.74) is 0. The van der Waals surface area contributed by atoms with E-state index in [1.54, 1.807) is 0 Å². The highest BCUT2D eigenvalue weighted by atomic mass is 16.1. The third-order valence-electron chi connectivity index (χ3n) is 2.78. The highest BCUT2D eigenvalue weighted by molar-refractivity contribution is 5.82. The Balaban J connectivity index is 3.11. The van der Waals surface area contributed by atoms with Crippen LogP contribution in [0.3, 0.4) is 0 Å². The van der Waals surface area contributed by atoms with Gasteiger partial charge in [-0.15, -0.1) is 0 Å². The molecular formula is C14H30N2O. The predicted octanol–water partition coefficient (Wildman–Crippen LogP) is 2.36. The Hall–Kier alpha value is -0.410. The molecule has 0 radical (unpaired) electrons. The highest BCUT2D eigenvalue weighted by Crippen LogP contribution is 1.98. The SMILES string of the molecule is CC(C)NCCCCCCNCC(=O)C(C)C. The smallest absolute Gasteiger partial charge is 0.149 e. The number of Topliss-reactive ketones (excluding diaryl/α,β-unsaturated/α-hetero) is 1. The molecule has 0 rings (SSSR count). The molecule has 0 unspecified atom stereocenters. The van der Waals surface area contributed by atoms with Crippen molar-refractivity contribution in [3.05, 3.63) is 0 Å². The fourth-order valence-electron chi connectivity index (χ4n) is 1.54. The van der Waals surface area contributed by atoms with Gasteiger partial charge in [0.25, 0.3) is 0 Å². The Bertz CT molecular complexity index is 191. The van der Waals surface area contributed by atoms with Crippen molar-refractivity contribution >= 4 is 5.78 Å². The highest BCUT2D eigenvalue weighted by Gasteiger charge is 2.05. The van der Waals surface area contributed by atoms with E-state index >= 15 is 0 Å².